The van der Waals surface area contributed by atoms with Crippen LogP contribution in [0.2, 0.25) is 0 Å². The summed E-state index contributed by atoms with van der Waals surface area (Å²) in [6.45, 7) is 1.04. The van der Waals surface area contributed by atoms with Crippen LogP contribution < -0.4 is 14.8 Å². The van der Waals surface area contributed by atoms with Gasteiger partial charge in [-0.15, -0.1) is 0 Å². The van der Waals surface area contributed by atoms with E-state index in [0.29, 0.717) is 36.0 Å². The fraction of sp³-hybridized carbons (Fsp3) is 0.133. The molecule has 1 heterocycles. The summed E-state index contributed by atoms with van der Waals surface area (Å²) in [5.41, 5.74) is 1.10. The molecule has 0 saturated carbocycles. The molecule has 2 N–H and O–H groups in total. The molecule has 5 heteroatoms. The smallest absolute Gasteiger partial charge is 0.255 e. The summed E-state index contributed by atoms with van der Waals surface area (Å²) >= 11 is 0. The minimum atomic E-state index is -0.248. The minimum absolute atomic E-state index is 0.126. The van der Waals surface area contributed by atoms with Crippen LogP contribution in [-0.2, 0) is 0 Å². The van der Waals surface area contributed by atoms with Crippen molar-refractivity contribution in [3.05, 3.63) is 48.0 Å². The number of benzene rings is 2. The molecule has 0 spiro atoms. The minimum Gasteiger partial charge on any atom is -0.508 e. The summed E-state index contributed by atoms with van der Waals surface area (Å²) in [5, 5.41) is 12.0. The van der Waals surface area contributed by atoms with E-state index in [1.54, 1.807) is 30.3 Å². The highest BCUT2D eigenvalue weighted by molar-refractivity contribution is 6.04. The van der Waals surface area contributed by atoms with Crippen molar-refractivity contribution in [3.8, 4) is 17.2 Å². The molecule has 2 aromatic rings. The highest BCUT2D eigenvalue weighted by atomic mass is 16.6. The Kier molecular flexibility index (Phi) is 3.16. The molecule has 20 heavy (non-hydrogen) atoms. The maximum atomic E-state index is 12.0. The van der Waals surface area contributed by atoms with Crippen molar-refractivity contribution in [1.29, 1.82) is 0 Å². The fourth-order valence-electron chi connectivity index (χ4n) is 1.94. The van der Waals surface area contributed by atoms with Crippen LogP contribution in [0.1, 0.15) is 10.4 Å². The third-order valence-electron chi connectivity index (χ3n) is 2.93. The van der Waals surface area contributed by atoms with Crippen molar-refractivity contribution in [2.75, 3.05) is 18.5 Å². The third kappa shape index (κ3) is 2.51. The highest BCUT2D eigenvalue weighted by Crippen LogP contribution is 2.32. The number of carbonyl (C=O) groups is 1. The normalized spacial score (nSPS) is 12.8. The Morgan fingerprint density at radius 1 is 1.00 bits per heavy atom. The van der Waals surface area contributed by atoms with Crippen LogP contribution in [0.3, 0.4) is 0 Å². The quantitative estimate of drug-likeness (QED) is 0.880. The van der Waals surface area contributed by atoms with Crippen molar-refractivity contribution in [1.82, 2.24) is 0 Å². The zero-order valence-corrected chi connectivity index (χ0v) is 10.6. The number of anilines is 1. The first-order valence-electron chi connectivity index (χ1n) is 6.22. The van der Waals surface area contributed by atoms with E-state index in [4.69, 9.17) is 9.47 Å². The van der Waals surface area contributed by atoms with E-state index in [9.17, 15) is 9.90 Å². The van der Waals surface area contributed by atoms with Gasteiger partial charge in [-0.2, -0.15) is 0 Å². The van der Waals surface area contributed by atoms with Crippen LogP contribution in [0.4, 0.5) is 5.69 Å². The van der Waals surface area contributed by atoms with Crippen molar-refractivity contribution in [3.63, 3.8) is 0 Å². The molecule has 0 unspecified atom stereocenters. The van der Waals surface area contributed by atoms with Crippen molar-refractivity contribution in [2.24, 2.45) is 0 Å². The number of carbonyl (C=O) groups excluding carboxylic acids is 1. The lowest BCUT2D eigenvalue weighted by atomic mass is 10.2. The summed E-state index contributed by atoms with van der Waals surface area (Å²) in [4.78, 5) is 12.0. The number of fused-ring (bicyclic) bond motifs is 1. The van der Waals surface area contributed by atoms with Gasteiger partial charge in [-0.05, 0) is 36.4 Å². The Hall–Kier alpha value is -2.69. The average molecular weight is 271 g/mol. The van der Waals surface area contributed by atoms with Gasteiger partial charge in [0.1, 0.15) is 19.0 Å². The number of aromatic hydroxyl groups is 1. The summed E-state index contributed by atoms with van der Waals surface area (Å²) in [7, 11) is 0. The van der Waals surface area contributed by atoms with Gasteiger partial charge >= 0.3 is 0 Å². The van der Waals surface area contributed by atoms with Gasteiger partial charge in [0, 0.05) is 17.3 Å². The second-order valence-electron chi connectivity index (χ2n) is 4.36. The van der Waals surface area contributed by atoms with Crippen LogP contribution >= 0.6 is 0 Å². The Morgan fingerprint density at radius 3 is 2.45 bits per heavy atom. The van der Waals surface area contributed by atoms with E-state index in [1.807, 2.05) is 0 Å². The zero-order valence-electron chi connectivity index (χ0n) is 10.6. The number of amides is 1. The van der Waals surface area contributed by atoms with Gasteiger partial charge in [-0.25, -0.2) is 0 Å². The van der Waals surface area contributed by atoms with E-state index in [-0.39, 0.29) is 11.7 Å². The van der Waals surface area contributed by atoms with Crippen molar-refractivity contribution >= 4 is 11.6 Å². The van der Waals surface area contributed by atoms with Gasteiger partial charge in [0.15, 0.2) is 11.5 Å². The third-order valence-corrected chi connectivity index (χ3v) is 2.93. The second-order valence-corrected chi connectivity index (χ2v) is 4.36. The number of phenolic OH excluding ortho intramolecular Hbond substituents is 1. The predicted molar refractivity (Wildman–Crippen MR) is 73.5 cm³/mol. The number of phenols is 1. The van der Waals surface area contributed by atoms with E-state index in [1.165, 1.54) is 12.1 Å². The van der Waals surface area contributed by atoms with Gasteiger partial charge in [-0.3, -0.25) is 4.79 Å². The number of hydrogen-bond donors (Lipinski definition) is 2. The summed E-state index contributed by atoms with van der Waals surface area (Å²) in [6.07, 6.45) is 0. The topological polar surface area (TPSA) is 67.8 Å². The molecule has 0 saturated heterocycles. The molecule has 0 atom stereocenters. The zero-order chi connectivity index (χ0) is 13.9. The largest absolute Gasteiger partial charge is 0.508 e. The number of rotatable bonds is 2. The summed E-state index contributed by atoms with van der Waals surface area (Å²) in [6, 6.07) is 11.3. The molecule has 1 aliphatic rings. The predicted octanol–water partition coefficient (Wildman–Crippen LogP) is 2.42. The average Bonchev–Trinajstić information content (AvgIpc) is 2.48. The lowest BCUT2D eigenvalue weighted by Gasteiger charge is -2.19. The van der Waals surface area contributed by atoms with E-state index in [0.717, 1.165) is 0 Å². The van der Waals surface area contributed by atoms with Crippen LogP contribution in [0.25, 0.3) is 0 Å². The Morgan fingerprint density at radius 2 is 1.70 bits per heavy atom. The Labute approximate surface area is 115 Å². The first kappa shape index (κ1) is 12.3. The van der Waals surface area contributed by atoms with E-state index < -0.39 is 0 Å². The molecule has 3 rings (SSSR count). The van der Waals surface area contributed by atoms with Crippen molar-refractivity contribution in [2.45, 2.75) is 0 Å². The molecule has 0 radical (unpaired) electrons. The summed E-state index contributed by atoms with van der Waals surface area (Å²) in [5.74, 6) is 1.18. The fourth-order valence-corrected chi connectivity index (χ4v) is 1.94. The molecule has 102 valence electrons. The van der Waals surface area contributed by atoms with Gasteiger partial charge in [0.25, 0.3) is 5.91 Å². The van der Waals surface area contributed by atoms with Crippen LogP contribution in [0.5, 0.6) is 17.2 Å². The molecule has 1 aliphatic heterocycles. The van der Waals surface area contributed by atoms with Crippen LogP contribution in [0, 0.1) is 0 Å². The molecule has 0 bridgehead atoms. The molecule has 0 aromatic heterocycles. The number of nitrogens with one attached hydrogen (secondary N) is 1. The van der Waals surface area contributed by atoms with Crippen LogP contribution in [-0.4, -0.2) is 24.2 Å². The van der Waals surface area contributed by atoms with Gasteiger partial charge < -0.3 is 19.9 Å². The van der Waals surface area contributed by atoms with Crippen LogP contribution in [0.15, 0.2) is 42.5 Å². The lowest BCUT2D eigenvalue weighted by Crippen LogP contribution is -2.16. The summed E-state index contributed by atoms with van der Waals surface area (Å²) < 4.78 is 10.9. The molecule has 2 aromatic carbocycles. The van der Waals surface area contributed by atoms with Gasteiger partial charge in [0.05, 0.1) is 0 Å². The Balaban J connectivity index is 1.77. The SMILES string of the molecule is O=C(Nc1ccc2c(c1)OCCO2)c1ccc(O)cc1. The van der Waals surface area contributed by atoms with Crippen molar-refractivity contribution < 1.29 is 19.4 Å². The molecular formula is C15H13NO4. The lowest BCUT2D eigenvalue weighted by molar-refractivity contribution is 0.102. The Bertz CT molecular complexity index is 637. The number of ether oxygens (including phenoxy) is 2. The maximum Gasteiger partial charge on any atom is 0.255 e. The monoisotopic (exact) mass is 271 g/mol. The highest BCUT2D eigenvalue weighted by Gasteiger charge is 2.13. The first-order valence-corrected chi connectivity index (χ1v) is 6.22. The molecular weight excluding hydrogens is 258 g/mol. The maximum absolute atomic E-state index is 12.0. The second kappa shape index (κ2) is 5.13. The first-order chi connectivity index (χ1) is 9.72. The molecule has 0 fully saturated rings. The van der Waals surface area contributed by atoms with Gasteiger partial charge in [-0.1, -0.05) is 0 Å². The van der Waals surface area contributed by atoms with E-state index >= 15 is 0 Å². The standard InChI is InChI=1S/C15H13NO4/c17-12-4-1-10(2-5-12)15(18)16-11-3-6-13-14(9-11)20-8-7-19-13/h1-6,9,17H,7-8H2,(H,16,18). The van der Waals surface area contributed by atoms with Gasteiger partial charge in [0.2, 0.25) is 0 Å². The molecule has 5 nitrogen and oxygen atoms in total. The molecule has 0 aliphatic carbocycles. The van der Waals surface area contributed by atoms with E-state index in [2.05, 4.69) is 5.32 Å². The molecule has 1 amide bonds. The number of hydrogen-bond acceptors (Lipinski definition) is 4.